The summed E-state index contributed by atoms with van der Waals surface area (Å²) < 4.78 is 0. The number of nitrogens with one attached hydrogen (secondary N) is 1. The lowest BCUT2D eigenvalue weighted by Crippen LogP contribution is -2.33. The second kappa shape index (κ2) is 6.20. The SMILES string of the molecule is Cc1cc(Cl)c(NCC2CCN(C)CC2)c2cccnc12. The number of aryl methyl sites for hydroxylation is 1. The molecule has 1 saturated heterocycles. The molecule has 0 radical (unpaired) electrons. The number of hydrogen-bond donors (Lipinski definition) is 1. The number of fused-ring (bicyclic) bond motifs is 1. The number of piperidine rings is 1. The zero-order valence-corrected chi connectivity index (χ0v) is 13.5. The van der Waals surface area contributed by atoms with Crippen LogP contribution < -0.4 is 5.32 Å². The fraction of sp³-hybridized carbons (Fsp3) is 0.471. The Kier molecular flexibility index (Phi) is 4.32. The van der Waals surface area contributed by atoms with E-state index in [-0.39, 0.29) is 0 Å². The van der Waals surface area contributed by atoms with Gasteiger partial charge in [0.25, 0.3) is 0 Å². The molecule has 1 aromatic heterocycles. The Morgan fingerprint density at radius 1 is 1.38 bits per heavy atom. The van der Waals surface area contributed by atoms with Crippen molar-refractivity contribution in [1.29, 1.82) is 0 Å². The van der Waals surface area contributed by atoms with E-state index < -0.39 is 0 Å². The molecule has 3 nitrogen and oxygen atoms in total. The zero-order valence-electron chi connectivity index (χ0n) is 12.7. The Morgan fingerprint density at radius 2 is 2.14 bits per heavy atom. The van der Waals surface area contributed by atoms with Crippen LogP contribution in [0, 0.1) is 12.8 Å². The van der Waals surface area contributed by atoms with Gasteiger partial charge < -0.3 is 10.2 Å². The van der Waals surface area contributed by atoms with Crippen molar-refractivity contribution in [3.63, 3.8) is 0 Å². The van der Waals surface area contributed by atoms with Crippen LogP contribution >= 0.6 is 11.6 Å². The summed E-state index contributed by atoms with van der Waals surface area (Å²) in [6.45, 7) is 5.43. The van der Waals surface area contributed by atoms with Gasteiger partial charge in [-0.05, 0) is 69.6 Å². The summed E-state index contributed by atoms with van der Waals surface area (Å²) in [5.41, 5.74) is 3.19. The first kappa shape index (κ1) is 14.6. The van der Waals surface area contributed by atoms with Gasteiger partial charge in [-0.15, -0.1) is 0 Å². The number of likely N-dealkylation sites (tertiary alicyclic amines) is 1. The van der Waals surface area contributed by atoms with Crippen LogP contribution in [0.15, 0.2) is 24.4 Å². The van der Waals surface area contributed by atoms with Crippen molar-refractivity contribution >= 4 is 28.2 Å². The second-order valence-electron chi connectivity index (χ2n) is 6.08. The van der Waals surface area contributed by atoms with E-state index in [0.717, 1.165) is 39.6 Å². The number of aromatic nitrogens is 1. The van der Waals surface area contributed by atoms with E-state index in [9.17, 15) is 0 Å². The van der Waals surface area contributed by atoms with Gasteiger partial charge in [-0.2, -0.15) is 0 Å². The lowest BCUT2D eigenvalue weighted by molar-refractivity contribution is 0.226. The van der Waals surface area contributed by atoms with Crippen LogP contribution in [-0.4, -0.2) is 36.6 Å². The van der Waals surface area contributed by atoms with Gasteiger partial charge in [-0.25, -0.2) is 0 Å². The molecule has 1 N–H and O–H groups in total. The number of nitrogens with zero attached hydrogens (tertiary/aromatic N) is 2. The molecule has 0 atom stereocenters. The largest absolute Gasteiger partial charge is 0.383 e. The van der Waals surface area contributed by atoms with E-state index in [4.69, 9.17) is 11.6 Å². The Balaban J connectivity index is 1.80. The van der Waals surface area contributed by atoms with Crippen LogP contribution in [0.2, 0.25) is 5.02 Å². The summed E-state index contributed by atoms with van der Waals surface area (Å²) in [7, 11) is 2.19. The van der Waals surface area contributed by atoms with E-state index in [1.165, 1.54) is 25.9 Å². The highest BCUT2D eigenvalue weighted by atomic mass is 35.5. The van der Waals surface area contributed by atoms with Crippen LogP contribution in [0.4, 0.5) is 5.69 Å². The van der Waals surface area contributed by atoms with Gasteiger partial charge in [-0.3, -0.25) is 4.98 Å². The number of halogens is 1. The first-order valence-electron chi connectivity index (χ1n) is 7.61. The molecule has 0 aliphatic carbocycles. The predicted octanol–water partition coefficient (Wildman–Crippen LogP) is 3.95. The highest BCUT2D eigenvalue weighted by molar-refractivity contribution is 6.35. The summed E-state index contributed by atoms with van der Waals surface area (Å²) in [6, 6.07) is 6.07. The summed E-state index contributed by atoms with van der Waals surface area (Å²) >= 11 is 6.45. The lowest BCUT2D eigenvalue weighted by Gasteiger charge is -2.29. The molecule has 0 bridgehead atoms. The van der Waals surface area contributed by atoms with E-state index >= 15 is 0 Å². The summed E-state index contributed by atoms with van der Waals surface area (Å²) in [5, 5.41) is 5.49. The molecule has 112 valence electrons. The van der Waals surface area contributed by atoms with Gasteiger partial charge in [0, 0.05) is 18.1 Å². The zero-order chi connectivity index (χ0) is 14.8. The average Bonchev–Trinajstić information content (AvgIpc) is 2.49. The van der Waals surface area contributed by atoms with E-state index in [0.29, 0.717) is 0 Å². The predicted molar refractivity (Wildman–Crippen MR) is 90.2 cm³/mol. The molecule has 0 amide bonds. The van der Waals surface area contributed by atoms with Crippen molar-refractivity contribution in [2.24, 2.45) is 5.92 Å². The number of pyridine rings is 1. The minimum atomic E-state index is 0.727. The van der Waals surface area contributed by atoms with Gasteiger partial charge in [0.2, 0.25) is 0 Å². The van der Waals surface area contributed by atoms with E-state index in [1.807, 2.05) is 18.3 Å². The standard InChI is InChI=1S/C17H22ClN3/c1-12-10-15(18)17(14-4-3-7-19-16(12)14)20-11-13-5-8-21(2)9-6-13/h3-4,7,10,13,20H,5-6,8-9,11H2,1-2H3. The van der Waals surface area contributed by atoms with Crippen molar-refractivity contribution < 1.29 is 0 Å². The highest BCUT2D eigenvalue weighted by Gasteiger charge is 2.17. The van der Waals surface area contributed by atoms with E-state index in [2.05, 4.69) is 35.2 Å². The van der Waals surface area contributed by atoms with Crippen LogP contribution in [-0.2, 0) is 0 Å². The number of benzene rings is 1. The smallest absolute Gasteiger partial charge is 0.0752 e. The van der Waals surface area contributed by atoms with Crippen molar-refractivity contribution in [2.75, 3.05) is 32.0 Å². The molecule has 4 heteroatoms. The van der Waals surface area contributed by atoms with Gasteiger partial charge in [0.05, 0.1) is 16.2 Å². The molecule has 2 heterocycles. The second-order valence-corrected chi connectivity index (χ2v) is 6.48. The molecule has 1 aliphatic heterocycles. The average molecular weight is 304 g/mol. The fourth-order valence-corrected chi connectivity index (χ4v) is 3.41. The third-order valence-electron chi connectivity index (χ3n) is 4.44. The van der Waals surface area contributed by atoms with Crippen molar-refractivity contribution in [2.45, 2.75) is 19.8 Å². The topological polar surface area (TPSA) is 28.2 Å². The molecule has 0 unspecified atom stereocenters. The third kappa shape index (κ3) is 3.14. The maximum atomic E-state index is 6.45. The lowest BCUT2D eigenvalue weighted by atomic mass is 9.97. The Morgan fingerprint density at radius 3 is 2.90 bits per heavy atom. The molecule has 3 rings (SSSR count). The third-order valence-corrected chi connectivity index (χ3v) is 4.74. The van der Waals surface area contributed by atoms with Crippen molar-refractivity contribution in [3.05, 3.63) is 35.0 Å². The molecule has 0 saturated carbocycles. The summed E-state index contributed by atoms with van der Waals surface area (Å²) in [5.74, 6) is 0.727. The quantitative estimate of drug-likeness (QED) is 0.930. The van der Waals surface area contributed by atoms with Crippen LogP contribution in [0.25, 0.3) is 10.9 Å². The normalized spacial score (nSPS) is 17.3. The van der Waals surface area contributed by atoms with Crippen LogP contribution in [0.5, 0.6) is 0 Å². The minimum absolute atomic E-state index is 0.727. The molecular formula is C17H22ClN3. The van der Waals surface area contributed by atoms with Gasteiger partial charge >= 0.3 is 0 Å². The minimum Gasteiger partial charge on any atom is -0.383 e. The Labute approximate surface area is 131 Å². The molecule has 2 aromatic rings. The molecule has 21 heavy (non-hydrogen) atoms. The van der Waals surface area contributed by atoms with Crippen LogP contribution in [0.1, 0.15) is 18.4 Å². The molecule has 1 aromatic carbocycles. The molecule has 1 aliphatic rings. The Hall–Kier alpha value is -1.32. The monoisotopic (exact) mass is 303 g/mol. The van der Waals surface area contributed by atoms with Crippen molar-refractivity contribution in [3.8, 4) is 0 Å². The molecule has 0 spiro atoms. The summed E-state index contributed by atoms with van der Waals surface area (Å²) in [4.78, 5) is 6.88. The van der Waals surface area contributed by atoms with Gasteiger partial charge in [0.1, 0.15) is 0 Å². The highest BCUT2D eigenvalue weighted by Crippen LogP contribution is 2.33. The number of anilines is 1. The summed E-state index contributed by atoms with van der Waals surface area (Å²) in [6.07, 6.45) is 4.34. The first-order chi connectivity index (χ1) is 10.1. The number of rotatable bonds is 3. The molecule has 1 fully saturated rings. The first-order valence-corrected chi connectivity index (χ1v) is 7.99. The van der Waals surface area contributed by atoms with Gasteiger partial charge in [0.15, 0.2) is 0 Å². The van der Waals surface area contributed by atoms with Crippen molar-refractivity contribution in [1.82, 2.24) is 9.88 Å². The maximum Gasteiger partial charge on any atom is 0.0752 e. The number of hydrogen-bond acceptors (Lipinski definition) is 3. The van der Waals surface area contributed by atoms with Crippen LogP contribution in [0.3, 0.4) is 0 Å². The Bertz CT molecular complexity index is 633. The maximum absolute atomic E-state index is 6.45. The fourth-order valence-electron chi connectivity index (χ4n) is 3.07. The van der Waals surface area contributed by atoms with Gasteiger partial charge in [-0.1, -0.05) is 11.6 Å². The molecular weight excluding hydrogens is 282 g/mol. The van der Waals surface area contributed by atoms with E-state index in [1.54, 1.807) is 0 Å².